The van der Waals surface area contributed by atoms with Crippen molar-refractivity contribution in [1.82, 2.24) is 25.0 Å². The summed E-state index contributed by atoms with van der Waals surface area (Å²) in [5.74, 6) is -0.137. The van der Waals surface area contributed by atoms with Crippen LogP contribution in [0.5, 0.6) is 0 Å². The number of aromatic nitrogens is 3. The van der Waals surface area contributed by atoms with Crippen LogP contribution in [-0.4, -0.2) is 62.5 Å². The Bertz CT molecular complexity index is 986. The molecule has 1 saturated heterocycles. The smallest absolute Gasteiger partial charge is 0.291 e. The molecule has 1 fully saturated rings. The zero-order valence-electron chi connectivity index (χ0n) is 17.0. The molecule has 2 aromatic carbocycles. The van der Waals surface area contributed by atoms with Crippen molar-refractivity contribution in [2.75, 3.05) is 19.6 Å². The Balaban J connectivity index is 1.57. The maximum absolute atomic E-state index is 13.2. The molecule has 0 spiro atoms. The number of H-pyrrole nitrogens is 1. The quantitative estimate of drug-likeness (QED) is 0.686. The van der Waals surface area contributed by atoms with E-state index in [0.29, 0.717) is 26.1 Å². The van der Waals surface area contributed by atoms with Crippen molar-refractivity contribution in [2.45, 2.75) is 25.8 Å². The number of carbonyl (C=O) groups is 2. The van der Waals surface area contributed by atoms with Crippen LogP contribution in [0.25, 0.3) is 11.1 Å². The number of nitrogens with zero attached hydrogens (tertiary/aromatic N) is 4. The Morgan fingerprint density at radius 3 is 2.47 bits per heavy atom. The molecular weight excluding hydrogens is 378 g/mol. The second-order valence-corrected chi connectivity index (χ2v) is 7.44. The molecule has 7 nitrogen and oxygen atoms in total. The maximum atomic E-state index is 13.2. The number of benzene rings is 2. The number of nitrogens with one attached hydrogen (secondary N) is 1. The zero-order chi connectivity index (χ0) is 20.9. The molecule has 2 heterocycles. The summed E-state index contributed by atoms with van der Waals surface area (Å²) in [5, 5.41) is 6.39. The van der Waals surface area contributed by atoms with E-state index in [1.807, 2.05) is 35.2 Å². The lowest BCUT2D eigenvalue weighted by Gasteiger charge is -2.40. The highest BCUT2D eigenvalue weighted by Crippen LogP contribution is 2.22. The molecule has 30 heavy (non-hydrogen) atoms. The standard InChI is InChI=1S/C23H25N5O2/c1-2-12-27-13-14-28(23(30)21-24-16-25-26-21)20(22(27)29)15-17-8-10-19(11-9-17)18-6-4-3-5-7-18/h3-11,16,20H,2,12-15H2,1H3,(H,24,25,26)/t20-/m0/s1. The van der Waals surface area contributed by atoms with Gasteiger partial charge in [-0.1, -0.05) is 61.5 Å². The van der Waals surface area contributed by atoms with Gasteiger partial charge in [0.15, 0.2) is 0 Å². The molecular formula is C23H25N5O2. The van der Waals surface area contributed by atoms with Crippen molar-refractivity contribution in [3.05, 3.63) is 72.3 Å². The van der Waals surface area contributed by atoms with Crippen molar-refractivity contribution in [3.8, 4) is 11.1 Å². The van der Waals surface area contributed by atoms with Gasteiger partial charge in [-0.05, 0) is 23.1 Å². The summed E-state index contributed by atoms with van der Waals surface area (Å²) in [6.45, 7) is 3.78. The number of hydrogen-bond donors (Lipinski definition) is 1. The predicted molar refractivity (Wildman–Crippen MR) is 114 cm³/mol. The second kappa shape index (κ2) is 8.90. The van der Waals surface area contributed by atoms with E-state index in [4.69, 9.17) is 0 Å². The third-order valence-corrected chi connectivity index (χ3v) is 5.45. The van der Waals surface area contributed by atoms with Gasteiger partial charge in [-0.3, -0.25) is 14.7 Å². The number of carbonyl (C=O) groups excluding carboxylic acids is 2. The molecule has 3 aromatic rings. The summed E-state index contributed by atoms with van der Waals surface area (Å²) in [7, 11) is 0. The first-order chi connectivity index (χ1) is 14.7. The summed E-state index contributed by atoms with van der Waals surface area (Å²) < 4.78 is 0. The minimum atomic E-state index is -0.550. The SMILES string of the molecule is CCCN1CCN(C(=O)c2ncn[nH]2)[C@@H](Cc2ccc(-c3ccccc3)cc2)C1=O. The summed E-state index contributed by atoms with van der Waals surface area (Å²) in [6, 6.07) is 17.8. The highest BCUT2D eigenvalue weighted by atomic mass is 16.2. The van der Waals surface area contributed by atoms with Crippen molar-refractivity contribution in [2.24, 2.45) is 0 Å². The van der Waals surface area contributed by atoms with Crippen LogP contribution in [0.1, 0.15) is 29.5 Å². The molecule has 154 valence electrons. The maximum Gasteiger partial charge on any atom is 0.291 e. The van der Waals surface area contributed by atoms with Gasteiger partial charge in [0.1, 0.15) is 12.4 Å². The van der Waals surface area contributed by atoms with Crippen LogP contribution >= 0.6 is 0 Å². The normalized spacial score (nSPS) is 16.7. The Morgan fingerprint density at radius 2 is 1.80 bits per heavy atom. The summed E-state index contributed by atoms with van der Waals surface area (Å²) in [5.41, 5.74) is 3.28. The Labute approximate surface area is 175 Å². The molecule has 1 N–H and O–H groups in total. The Morgan fingerprint density at radius 1 is 1.07 bits per heavy atom. The van der Waals surface area contributed by atoms with E-state index >= 15 is 0 Å². The lowest BCUT2D eigenvalue weighted by Crippen LogP contribution is -2.59. The summed E-state index contributed by atoms with van der Waals surface area (Å²) in [4.78, 5) is 33.6. The first kappa shape index (κ1) is 19.8. The van der Waals surface area contributed by atoms with E-state index in [2.05, 4.69) is 46.4 Å². The third kappa shape index (κ3) is 4.10. The topological polar surface area (TPSA) is 82.2 Å². The van der Waals surface area contributed by atoms with Crippen molar-refractivity contribution in [1.29, 1.82) is 0 Å². The van der Waals surface area contributed by atoms with Gasteiger partial charge in [0.05, 0.1) is 0 Å². The average Bonchev–Trinajstić information content (AvgIpc) is 3.32. The van der Waals surface area contributed by atoms with Gasteiger partial charge < -0.3 is 9.80 Å². The largest absolute Gasteiger partial charge is 0.339 e. The molecule has 0 saturated carbocycles. The van der Waals surface area contributed by atoms with Gasteiger partial charge in [0.2, 0.25) is 11.7 Å². The van der Waals surface area contributed by atoms with Crippen LogP contribution < -0.4 is 0 Å². The molecule has 1 aliphatic heterocycles. The van der Waals surface area contributed by atoms with Crippen molar-refractivity contribution < 1.29 is 9.59 Å². The van der Waals surface area contributed by atoms with E-state index in [1.54, 1.807) is 4.90 Å². The van der Waals surface area contributed by atoms with Gasteiger partial charge in [-0.15, -0.1) is 0 Å². The zero-order valence-corrected chi connectivity index (χ0v) is 17.0. The van der Waals surface area contributed by atoms with Crippen LogP contribution in [0.2, 0.25) is 0 Å². The third-order valence-electron chi connectivity index (χ3n) is 5.45. The van der Waals surface area contributed by atoms with Gasteiger partial charge in [0.25, 0.3) is 5.91 Å². The fourth-order valence-corrected chi connectivity index (χ4v) is 3.90. The van der Waals surface area contributed by atoms with E-state index in [1.165, 1.54) is 6.33 Å². The molecule has 2 amide bonds. The number of rotatable bonds is 6. The fourth-order valence-electron chi connectivity index (χ4n) is 3.90. The molecule has 0 bridgehead atoms. The lowest BCUT2D eigenvalue weighted by molar-refractivity contribution is -0.140. The highest BCUT2D eigenvalue weighted by Gasteiger charge is 2.38. The molecule has 1 aromatic heterocycles. The monoisotopic (exact) mass is 403 g/mol. The fraction of sp³-hybridized carbons (Fsp3) is 0.304. The molecule has 1 aliphatic rings. The minimum absolute atomic E-state index is 0.0110. The van der Waals surface area contributed by atoms with E-state index in [0.717, 1.165) is 23.1 Å². The van der Waals surface area contributed by atoms with Gasteiger partial charge in [0, 0.05) is 26.1 Å². The van der Waals surface area contributed by atoms with E-state index in [9.17, 15) is 9.59 Å². The van der Waals surface area contributed by atoms with Crippen molar-refractivity contribution >= 4 is 11.8 Å². The Kier molecular flexibility index (Phi) is 5.88. The first-order valence-corrected chi connectivity index (χ1v) is 10.3. The summed E-state index contributed by atoms with van der Waals surface area (Å²) in [6.07, 6.45) is 2.66. The number of aromatic amines is 1. The molecule has 1 atom stereocenters. The molecule has 7 heteroatoms. The van der Waals surface area contributed by atoms with Gasteiger partial charge >= 0.3 is 0 Å². The molecule has 0 aliphatic carbocycles. The first-order valence-electron chi connectivity index (χ1n) is 10.3. The van der Waals surface area contributed by atoms with E-state index < -0.39 is 6.04 Å². The van der Waals surface area contributed by atoms with Crippen LogP contribution in [0.4, 0.5) is 0 Å². The van der Waals surface area contributed by atoms with Crippen LogP contribution in [-0.2, 0) is 11.2 Å². The van der Waals surface area contributed by atoms with Crippen LogP contribution in [0, 0.1) is 0 Å². The Hall–Kier alpha value is -3.48. The number of hydrogen-bond acceptors (Lipinski definition) is 4. The van der Waals surface area contributed by atoms with Crippen LogP contribution in [0.15, 0.2) is 60.9 Å². The minimum Gasteiger partial charge on any atom is -0.339 e. The number of piperazine rings is 1. The predicted octanol–water partition coefficient (Wildman–Crippen LogP) is 2.78. The average molecular weight is 403 g/mol. The summed E-state index contributed by atoms with van der Waals surface area (Å²) >= 11 is 0. The van der Waals surface area contributed by atoms with E-state index in [-0.39, 0.29) is 17.6 Å². The van der Waals surface area contributed by atoms with Gasteiger partial charge in [-0.2, -0.15) is 5.10 Å². The molecule has 4 rings (SSSR count). The van der Waals surface area contributed by atoms with Crippen molar-refractivity contribution in [3.63, 3.8) is 0 Å². The lowest BCUT2D eigenvalue weighted by atomic mass is 9.98. The second-order valence-electron chi connectivity index (χ2n) is 7.44. The number of amides is 2. The molecule has 0 unspecified atom stereocenters. The molecule has 0 radical (unpaired) electrons. The van der Waals surface area contributed by atoms with Crippen LogP contribution in [0.3, 0.4) is 0 Å². The highest BCUT2D eigenvalue weighted by molar-refractivity contribution is 5.95. The van der Waals surface area contributed by atoms with Gasteiger partial charge in [-0.25, -0.2) is 4.98 Å².